The number of amidine groups is 1. The molecule has 1 N–H and O–H groups in total. The van der Waals surface area contributed by atoms with Gasteiger partial charge in [-0.3, -0.25) is 10.1 Å². The van der Waals surface area contributed by atoms with E-state index in [9.17, 15) is 18.5 Å². The molecule has 0 amide bonds. The van der Waals surface area contributed by atoms with Crippen molar-refractivity contribution in [3.8, 4) is 0 Å². The van der Waals surface area contributed by atoms with Gasteiger partial charge in [-0.1, -0.05) is 27.4 Å². The summed E-state index contributed by atoms with van der Waals surface area (Å²) in [5.41, 5.74) is -0.202. The van der Waals surface area contributed by atoms with E-state index in [1.54, 1.807) is 6.08 Å². The molecular formula is C19H29N3O6SSi. The average molecular weight is 456 g/mol. The lowest BCUT2D eigenvalue weighted by Gasteiger charge is -2.39. The number of aliphatic imine (C=N–C) groups is 1. The number of rotatable bonds is 7. The molecule has 1 aliphatic rings. The zero-order valence-electron chi connectivity index (χ0n) is 18.1. The lowest BCUT2D eigenvalue weighted by Crippen LogP contribution is -2.47. The lowest BCUT2D eigenvalue weighted by atomic mass is 10.1. The van der Waals surface area contributed by atoms with Crippen LogP contribution in [0.25, 0.3) is 0 Å². The van der Waals surface area contributed by atoms with Gasteiger partial charge in [-0.25, -0.2) is 18.1 Å². The maximum Gasteiger partial charge on any atom is 0.300 e. The first-order chi connectivity index (χ1) is 13.7. The lowest BCUT2D eigenvalue weighted by molar-refractivity contribution is -0.384. The van der Waals surface area contributed by atoms with Gasteiger partial charge in [0.25, 0.3) is 21.7 Å². The zero-order valence-corrected chi connectivity index (χ0v) is 19.9. The first-order valence-corrected chi connectivity index (χ1v) is 13.9. The summed E-state index contributed by atoms with van der Waals surface area (Å²) in [6.07, 6.45) is 0.710. The van der Waals surface area contributed by atoms with Crippen LogP contribution < -0.4 is 4.72 Å². The monoisotopic (exact) mass is 455 g/mol. The van der Waals surface area contributed by atoms with Crippen molar-refractivity contribution in [3.05, 3.63) is 47.0 Å². The Morgan fingerprint density at radius 1 is 1.33 bits per heavy atom. The van der Waals surface area contributed by atoms with E-state index in [0.717, 1.165) is 24.3 Å². The summed E-state index contributed by atoms with van der Waals surface area (Å²) >= 11 is 0. The van der Waals surface area contributed by atoms with E-state index in [1.165, 1.54) is 0 Å². The van der Waals surface area contributed by atoms with E-state index in [2.05, 4.69) is 50.2 Å². The van der Waals surface area contributed by atoms with Gasteiger partial charge in [-0.2, -0.15) is 0 Å². The molecule has 9 nitrogen and oxygen atoms in total. The Bertz CT molecular complexity index is 938. The van der Waals surface area contributed by atoms with Crippen LogP contribution in [0.5, 0.6) is 0 Å². The van der Waals surface area contributed by atoms with Crippen LogP contribution in [0.15, 0.2) is 46.8 Å². The minimum atomic E-state index is -4.02. The normalized spacial score (nSPS) is 20.8. The average Bonchev–Trinajstić information content (AvgIpc) is 3.02. The highest BCUT2D eigenvalue weighted by atomic mass is 32.2. The van der Waals surface area contributed by atoms with Crippen LogP contribution >= 0.6 is 0 Å². The van der Waals surface area contributed by atoms with Crippen molar-refractivity contribution in [2.75, 3.05) is 0 Å². The third kappa shape index (κ3) is 5.27. The number of nitro groups is 1. The summed E-state index contributed by atoms with van der Waals surface area (Å²) in [5, 5.41) is 10.8. The van der Waals surface area contributed by atoms with Crippen LogP contribution in [0.4, 0.5) is 5.69 Å². The molecule has 0 spiro atoms. The number of hydrogen-bond acceptors (Lipinski definition) is 7. The van der Waals surface area contributed by atoms with Crippen molar-refractivity contribution < 1.29 is 22.5 Å². The maximum atomic E-state index is 12.6. The Kier molecular flexibility index (Phi) is 6.79. The third-order valence-corrected chi connectivity index (χ3v) is 11.3. The van der Waals surface area contributed by atoms with Gasteiger partial charge < -0.3 is 9.16 Å². The van der Waals surface area contributed by atoms with Gasteiger partial charge >= 0.3 is 0 Å². The van der Waals surface area contributed by atoms with Crippen LogP contribution in [0, 0.1) is 10.1 Å². The molecule has 0 radical (unpaired) electrons. The topological polar surface area (TPSA) is 120 Å². The molecule has 0 aromatic heterocycles. The Morgan fingerprint density at radius 3 is 2.37 bits per heavy atom. The smallest absolute Gasteiger partial charge is 0.300 e. The molecule has 3 atom stereocenters. The number of nitrogens with one attached hydrogen (secondary N) is 1. The largest absolute Gasteiger partial charge is 0.455 e. The summed E-state index contributed by atoms with van der Waals surface area (Å²) in [6.45, 7) is 16.3. The molecule has 0 fully saturated rings. The van der Waals surface area contributed by atoms with E-state index in [0.29, 0.717) is 0 Å². The third-order valence-electron chi connectivity index (χ3n) is 5.43. The van der Waals surface area contributed by atoms with Crippen molar-refractivity contribution in [1.29, 1.82) is 0 Å². The molecule has 1 heterocycles. The summed E-state index contributed by atoms with van der Waals surface area (Å²) in [7, 11) is -6.09. The molecule has 0 unspecified atom stereocenters. The van der Waals surface area contributed by atoms with Gasteiger partial charge in [-0.15, -0.1) is 0 Å². The predicted octanol–water partition coefficient (Wildman–Crippen LogP) is 3.59. The number of nitro benzene ring substituents is 1. The molecule has 0 saturated carbocycles. The standard InChI is InChI=1S/C19H29N3O6SSi/c1-8-16-17(13(2)28-30(6,7)19(3,4)5)20-18(27-16)21-29(25,26)15-11-9-14(10-12-15)22(23)24/h8-13,16-17H,1H2,2-7H3,(H,20,21)/t13-,16+,17+/m0/s1. The fraction of sp³-hybridized carbons (Fsp3) is 0.526. The summed E-state index contributed by atoms with van der Waals surface area (Å²) in [5.74, 6) is 0. The van der Waals surface area contributed by atoms with Crippen LogP contribution in [-0.4, -0.2) is 45.9 Å². The first-order valence-electron chi connectivity index (χ1n) is 9.50. The maximum absolute atomic E-state index is 12.6. The molecule has 0 saturated heterocycles. The molecule has 1 aromatic rings. The Balaban J connectivity index is 2.20. The second-order valence-corrected chi connectivity index (χ2v) is 15.1. The van der Waals surface area contributed by atoms with E-state index in [4.69, 9.17) is 9.16 Å². The molecule has 0 bridgehead atoms. The first kappa shape index (κ1) is 24.0. The molecule has 30 heavy (non-hydrogen) atoms. The van der Waals surface area contributed by atoms with Crippen LogP contribution in [-0.2, 0) is 19.2 Å². The van der Waals surface area contributed by atoms with Gasteiger partial charge in [0.1, 0.15) is 12.1 Å². The molecule has 2 rings (SSSR count). The van der Waals surface area contributed by atoms with Crippen LogP contribution in [0.1, 0.15) is 27.7 Å². The van der Waals surface area contributed by atoms with Crippen LogP contribution in [0.3, 0.4) is 0 Å². The number of nitrogens with zero attached hydrogens (tertiary/aromatic N) is 2. The number of non-ortho nitro benzene ring substituents is 1. The second kappa shape index (κ2) is 8.48. The van der Waals surface area contributed by atoms with Crippen molar-refractivity contribution in [2.24, 2.45) is 4.99 Å². The van der Waals surface area contributed by atoms with Gasteiger partial charge in [0.05, 0.1) is 15.9 Å². The van der Waals surface area contributed by atoms with Gasteiger partial charge in [0.15, 0.2) is 8.32 Å². The van der Waals surface area contributed by atoms with E-state index in [1.807, 2.05) is 6.92 Å². The van der Waals surface area contributed by atoms with Crippen molar-refractivity contribution >= 4 is 30.0 Å². The van der Waals surface area contributed by atoms with Gasteiger partial charge in [0, 0.05) is 12.1 Å². The Morgan fingerprint density at radius 2 is 1.90 bits per heavy atom. The van der Waals surface area contributed by atoms with Gasteiger partial charge in [-0.05, 0) is 43.3 Å². The minimum absolute atomic E-state index is 0.00838. The van der Waals surface area contributed by atoms with Crippen molar-refractivity contribution in [1.82, 2.24) is 4.72 Å². The van der Waals surface area contributed by atoms with E-state index < -0.39 is 35.4 Å². The highest BCUT2D eigenvalue weighted by Crippen LogP contribution is 2.38. The quantitative estimate of drug-likeness (QED) is 0.290. The predicted molar refractivity (Wildman–Crippen MR) is 117 cm³/mol. The Labute approximate surface area is 178 Å². The molecule has 1 aliphatic heterocycles. The summed E-state index contributed by atoms with van der Waals surface area (Å²) in [6, 6.07) is 3.94. The Hall–Kier alpha value is -2.24. The summed E-state index contributed by atoms with van der Waals surface area (Å²) < 4.78 is 39.5. The SMILES string of the molecule is C=C[C@H]1OC(NS(=O)(=O)c2ccc([N+](=O)[O-])cc2)=N[C@@H]1[C@H](C)O[Si](C)(C)C(C)(C)C. The number of benzene rings is 1. The molecule has 11 heteroatoms. The van der Waals surface area contributed by atoms with Crippen molar-refractivity contribution in [2.45, 2.75) is 69.0 Å². The van der Waals surface area contributed by atoms with Crippen molar-refractivity contribution in [3.63, 3.8) is 0 Å². The fourth-order valence-electron chi connectivity index (χ4n) is 2.68. The highest BCUT2D eigenvalue weighted by Gasteiger charge is 2.43. The number of sulfonamides is 1. The molecule has 1 aromatic carbocycles. The zero-order chi connectivity index (χ0) is 22.9. The molecular weight excluding hydrogens is 426 g/mol. The number of hydrogen-bond donors (Lipinski definition) is 1. The highest BCUT2D eigenvalue weighted by molar-refractivity contribution is 7.90. The second-order valence-electron chi connectivity index (χ2n) is 8.68. The number of ether oxygens (including phenoxy) is 1. The fourth-order valence-corrected chi connectivity index (χ4v) is 5.05. The van der Waals surface area contributed by atoms with Crippen LogP contribution in [0.2, 0.25) is 18.1 Å². The van der Waals surface area contributed by atoms with E-state index in [-0.39, 0.29) is 27.7 Å². The molecule has 166 valence electrons. The summed E-state index contributed by atoms with van der Waals surface area (Å²) in [4.78, 5) is 14.4. The molecule has 0 aliphatic carbocycles. The minimum Gasteiger partial charge on any atom is -0.455 e. The van der Waals surface area contributed by atoms with E-state index >= 15 is 0 Å². The van der Waals surface area contributed by atoms with Gasteiger partial charge in [0.2, 0.25) is 0 Å².